The van der Waals surface area contributed by atoms with Crippen LogP contribution in [0.15, 0.2) is 48.1 Å². The van der Waals surface area contributed by atoms with Gasteiger partial charge in [-0.3, -0.25) is 9.88 Å². The van der Waals surface area contributed by atoms with Gasteiger partial charge in [0.1, 0.15) is 0 Å². The highest BCUT2D eigenvalue weighted by molar-refractivity contribution is 7.14. The highest BCUT2D eigenvalue weighted by atomic mass is 32.1. The van der Waals surface area contributed by atoms with Crippen molar-refractivity contribution in [2.24, 2.45) is 0 Å². The van der Waals surface area contributed by atoms with Crippen LogP contribution in [0.4, 0.5) is 21.3 Å². The van der Waals surface area contributed by atoms with Gasteiger partial charge in [-0.25, -0.2) is 9.78 Å². The van der Waals surface area contributed by atoms with Crippen molar-refractivity contribution in [1.29, 1.82) is 0 Å². The predicted octanol–water partition coefficient (Wildman–Crippen LogP) is 3.51. The first-order valence-corrected chi connectivity index (χ1v) is 10.6. The molecular formula is C21H22N6OS. The van der Waals surface area contributed by atoms with Crippen molar-refractivity contribution in [3.63, 3.8) is 0 Å². The molecule has 0 unspecified atom stereocenters. The molecule has 3 aromatic rings. The second-order valence-corrected chi connectivity index (χ2v) is 8.24. The van der Waals surface area contributed by atoms with Crippen molar-refractivity contribution < 1.29 is 4.79 Å². The Morgan fingerprint density at radius 3 is 2.66 bits per heavy atom. The SMILES string of the molecule is CN1CCN(c2ccc3c(c2)CN(c2nc(-c4ccncc4)cs2)C(=O)N3)CC1. The van der Waals surface area contributed by atoms with E-state index >= 15 is 0 Å². The number of hydrogen-bond acceptors (Lipinski definition) is 6. The van der Waals surface area contributed by atoms with Crippen molar-refractivity contribution in [1.82, 2.24) is 14.9 Å². The minimum absolute atomic E-state index is 0.138. The normalized spacial score (nSPS) is 17.2. The summed E-state index contributed by atoms with van der Waals surface area (Å²) in [4.78, 5) is 27.9. The zero-order valence-electron chi connectivity index (χ0n) is 16.2. The summed E-state index contributed by atoms with van der Waals surface area (Å²) in [7, 11) is 2.16. The first kappa shape index (κ1) is 18.1. The molecule has 5 rings (SSSR count). The Morgan fingerprint density at radius 2 is 1.86 bits per heavy atom. The number of piperazine rings is 1. The Morgan fingerprint density at radius 1 is 1.07 bits per heavy atom. The molecule has 0 bridgehead atoms. The van der Waals surface area contributed by atoms with Crippen LogP contribution in [0.1, 0.15) is 5.56 Å². The van der Waals surface area contributed by atoms with Crippen molar-refractivity contribution in [3.05, 3.63) is 53.7 Å². The maximum atomic E-state index is 12.7. The third kappa shape index (κ3) is 3.56. The Bertz CT molecular complexity index is 1030. The zero-order chi connectivity index (χ0) is 19.8. The Kier molecular flexibility index (Phi) is 4.65. The van der Waals surface area contributed by atoms with Gasteiger partial charge in [-0.2, -0.15) is 0 Å². The van der Waals surface area contributed by atoms with Crippen LogP contribution < -0.4 is 15.1 Å². The van der Waals surface area contributed by atoms with Gasteiger partial charge >= 0.3 is 6.03 Å². The molecular weight excluding hydrogens is 384 g/mol. The smallest absolute Gasteiger partial charge is 0.328 e. The van der Waals surface area contributed by atoms with Crippen LogP contribution in [0.25, 0.3) is 11.3 Å². The number of rotatable bonds is 3. The molecule has 1 fully saturated rings. The average Bonchev–Trinajstić information content (AvgIpc) is 3.24. The van der Waals surface area contributed by atoms with E-state index in [1.807, 2.05) is 23.6 Å². The van der Waals surface area contributed by atoms with Crippen LogP contribution in [0, 0.1) is 0 Å². The fraction of sp³-hybridized carbons (Fsp3) is 0.286. The minimum atomic E-state index is -0.138. The van der Waals surface area contributed by atoms with Crippen LogP contribution in [0.2, 0.25) is 0 Å². The van der Waals surface area contributed by atoms with E-state index in [0.29, 0.717) is 11.7 Å². The quantitative estimate of drug-likeness (QED) is 0.721. The van der Waals surface area contributed by atoms with Crippen molar-refractivity contribution in [3.8, 4) is 11.3 Å². The van der Waals surface area contributed by atoms with Crippen molar-refractivity contribution in [2.45, 2.75) is 6.54 Å². The van der Waals surface area contributed by atoms with Crippen LogP contribution in [0.3, 0.4) is 0 Å². The van der Waals surface area contributed by atoms with Gasteiger partial charge in [0.2, 0.25) is 0 Å². The summed E-state index contributed by atoms with van der Waals surface area (Å²) in [6, 6.07) is 10.0. The summed E-state index contributed by atoms with van der Waals surface area (Å²) < 4.78 is 0. The molecule has 4 heterocycles. The fourth-order valence-electron chi connectivity index (χ4n) is 3.72. The first-order valence-electron chi connectivity index (χ1n) is 9.68. The highest BCUT2D eigenvalue weighted by Gasteiger charge is 2.27. The van der Waals surface area contributed by atoms with E-state index in [2.05, 4.69) is 44.3 Å². The van der Waals surface area contributed by atoms with E-state index in [1.165, 1.54) is 17.0 Å². The lowest BCUT2D eigenvalue weighted by molar-refractivity contribution is 0.256. The van der Waals surface area contributed by atoms with E-state index in [9.17, 15) is 4.79 Å². The van der Waals surface area contributed by atoms with Gasteiger partial charge in [0, 0.05) is 60.9 Å². The third-order valence-corrected chi connectivity index (χ3v) is 6.34. The highest BCUT2D eigenvalue weighted by Crippen LogP contribution is 2.34. The zero-order valence-corrected chi connectivity index (χ0v) is 17.0. The fourth-order valence-corrected chi connectivity index (χ4v) is 4.55. The molecule has 1 saturated heterocycles. The predicted molar refractivity (Wildman–Crippen MR) is 117 cm³/mol. The summed E-state index contributed by atoms with van der Waals surface area (Å²) in [5.74, 6) is 0. The van der Waals surface area contributed by atoms with E-state index in [0.717, 1.165) is 48.7 Å². The van der Waals surface area contributed by atoms with E-state index < -0.39 is 0 Å². The summed E-state index contributed by atoms with van der Waals surface area (Å²) in [6.07, 6.45) is 3.50. The largest absolute Gasteiger partial charge is 0.369 e. The molecule has 2 amide bonds. The number of thiazole rings is 1. The maximum absolute atomic E-state index is 12.7. The number of pyridine rings is 1. The molecule has 8 heteroatoms. The number of aromatic nitrogens is 2. The second-order valence-electron chi connectivity index (χ2n) is 7.40. The van der Waals surface area contributed by atoms with Crippen LogP contribution >= 0.6 is 11.3 Å². The standard InChI is InChI=1S/C21H22N6OS/c1-25-8-10-26(11-9-25)17-2-3-18-16(12-17)13-27(20(28)23-18)21-24-19(14-29-21)15-4-6-22-7-5-15/h2-7,12,14H,8-11,13H2,1H3,(H,23,28). The minimum Gasteiger partial charge on any atom is -0.369 e. The van der Waals surface area contributed by atoms with E-state index in [-0.39, 0.29) is 6.03 Å². The molecule has 0 radical (unpaired) electrons. The van der Waals surface area contributed by atoms with Gasteiger partial charge in [0.15, 0.2) is 5.13 Å². The second kappa shape index (κ2) is 7.46. The van der Waals surface area contributed by atoms with Crippen molar-refractivity contribution in [2.75, 3.05) is 48.3 Å². The number of amides is 2. The number of carbonyl (C=O) groups excluding carboxylic acids is 1. The maximum Gasteiger partial charge on any atom is 0.328 e. The molecule has 2 aromatic heterocycles. The van der Waals surface area contributed by atoms with Crippen LogP contribution in [0.5, 0.6) is 0 Å². The molecule has 1 N–H and O–H groups in total. The van der Waals surface area contributed by atoms with Gasteiger partial charge < -0.3 is 15.1 Å². The summed E-state index contributed by atoms with van der Waals surface area (Å²) in [6.45, 7) is 4.69. The summed E-state index contributed by atoms with van der Waals surface area (Å²) in [5, 5.41) is 5.69. The van der Waals surface area contributed by atoms with Crippen LogP contribution in [-0.4, -0.2) is 54.1 Å². The topological polar surface area (TPSA) is 64.6 Å². The Labute approximate surface area is 173 Å². The van der Waals surface area contributed by atoms with E-state index in [4.69, 9.17) is 0 Å². The lowest BCUT2D eigenvalue weighted by Crippen LogP contribution is -2.44. The number of nitrogens with zero attached hydrogens (tertiary/aromatic N) is 5. The number of anilines is 3. The van der Waals surface area contributed by atoms with Gasteiger partial charge in [0.05, 0.1) is 12.2 Å². The summed E-state index contributed by atoms with van der Waals surface area (Å²) >= 11 is 1.48. The molecule has 1 aromatic carbocycles. The van der Waals surface area contributed by atoms with E-state index in [1.54, 1.807) is 17.3 Å². The number of benzene rings is 1. The van der Waals surface area contributed by atoms with Gasteiger partial charge in [-0.05, 0) is 42.9 Å². The van der Waals surface area contributed by atoms with Gasteiger partial charge in [-0.15, -0.1) is 11.3 Å². The number of hydrogen-bond donors (Lipinski definition) is 1. The molecule has 148 valence electrons. The molecule has 0 aliphatic carbocycles. The van der Waals surface area contributed by atoms with Crippen LogP contribution in [-0.2, 0) is 6.54 Å². The van der Waals surface area contributed by atoms with Crippen molar-refractivity contribution >= 4 is 33.9 Å². The molecule has 0 spiro atoms. The molecule has 2 aliphatic rings. The molecule has 0 saturated carbocycles. The number of nitrogens with one attached hydrogen (secondary N) is 1. The molecule has 7 nitrogen and oxygen atoms in total. The molecule has 29 heavy (non-hydrogen) atoms. The first-order chi connectivity index (χ1) is 14.2. The third-order valence-electron chi connectivity index (χ3n) is 5.47. The number of carbonyl (C=O) groups is 1. The van der Waals surface area contributed by atoms with Gasteiger partial charge in [0.25, 0.3) is 0 Å². The molecule has 0 atom stereocenters. The van der Waals surface area contributed by atoms with Gasteiger partial charge in [-0.1, -0.05) is 0 Å². The average molecular weight is 407 g/mol. The summed E-state index contributed by atoms with van der Waals surface area (Å²) in [5.41, 5.74) is 5.07. The number of likely N-dealkylation sites (N-methyl/N-ethyl adjacent to an activating group) is 1. The lowest BCUT2D eigenvalue weighted by atomic mass is 10.1. The molecule has 2 aliphatic heterocycles. The Balaban J connectivity index is 1.39. The lowest BCUT2D eigenvalue weighted by Gasteiger charge is -2.35. The monoisotopic (exact) mass is 406 g/mol. The number of fused-ring (bicyclic) bond motifs is 1. The Hall–Kier alpha value is -2.97. The number of urea groups is 1.